The number of fused-ring (bicyclic) bond motifs is 8. The lowest BCUT2D eigenvalue weighted by Gasteiger charge is -2.45. The molecule has 3 atom stereocenters. The van der Waals surface area contributed by atoms with Crippen molar-refractivity contribution in [1.82, 2.24) is 30.2 Å². The van der Waals surface area contributed by atoms with Crippen molar-refractivity contribution in [1.29, 1.82) is 0 Å². The number of likely N-dealkylation sites (tertiary alicyclic amines) is 2. The summed E-state index contributed by atoms with van der Waals surface area (Å²) in [6.07, 6.45) is 9.26. The van der Waals surface area contributed by atoms with E-state index >= 15 is 0 Å². The van der Waals surface area contributed by atoms with Crippen molar-refractivity contribution in [3.05, 3.63) is 30.3 Å². The number of piperidine rings is 3. The Bertz CT molecular complexity index is 1360. The minimum absolute atomic E-state index is 0.00892. The van der Waals surface area contributed by atoms with Crippen molar-refractivity contribution < 1.29 is 28.7 Å². The van der Waals surface area contributed by atoms with Gasteiger partial charge in [0, 0.05) is 77.4 Å². The molecule has 1 aromatic rings. The van der Waals surface area contributed by atoms with E-state index in [2.05, 4.69) is 25.3 Å². The standard InChI is InChI=1S/C39H58N6O6/c46-35-26-39(14-21-43(22-15-39)37(48)28-51-33-5-2-1-3-6-33)41-38(49)34-7-4-17-45(34)32-10-19-42(20-11-32)36(47)25-29-9-18-44(27-30(29)8-16-40-35)31-12-23-50-24-13-31/h1-3,5-6,29-32,34H,4,7-28H2,(H,40,46)(H,41,49)/t29-,30-,34-/m0/s1. The predicted octanol–water partition coefficient (Wildman–Crippen LogP) is 2.42. The van der Waals surface area contributed by atoms with Crippen LogP contribution in [0.1, 0.15) is 77.0 Å². The van der Waals surface area contributed by atoms with Crippen molar-refractivity contribution in [2.75, 3.05) is 72.2 Å². The molecule has 0 unspecified atom stereocenters. The van der Waals surface area contributed by atoms with Gasteiger partial charge in [-0.15, -0.1) is 0 Å². The zero-order valence-electron chi connectivity index (χ0n) is 30.3. The number of carbonyl (C=O) groups excluding carboxylic acids is 4. The molecule has 2 N–H and O–H groups in total. The molecule has 0 aromatic heterocycles. The van der Waals surface area contributed by atoms with E-state index in [0.717, 1.165) is 97.3 Å². The van der Waals surface area contributed by atoms with E-state index in [-0.39, 0.29) is 48.7 Å². The van der Waals surface area contributed by atoms with Gasteiger partial charge in [-0.05, 0) is 101 Å². The molecule has 12 nitrogen and oxygen atoms in total. The van der Waals surface area contributed by atoms with E-state index in [1.165, 1.54) is 0 Å². The Morgan fingerprint density at radius 3 is 2.37 bits per heavy atom. The van der Waals surface area contributed by atoms with Crippen LogP contribution in [0.3, 0.4) is 0 Å². The summed E-state index contributed by atoms with van der Waals surface area (Å²) in [7, 11) is 0. The quantitative estimate of drug-likeness (QED) is 0.490. The van der Waals surface area contributed by atoms with Gasteiger partial charge in [-0.25, -0.2) is 0 Å². The predicted molar refractivity (Wildman–Crippen MR) is 192 cm³/mol. The number of para-hydroxylation sites is 1. The van der Waals surface area contributed by atoms with Crippen LogP contribution >= 0.6 is 0 Å². The summed E-state index contributed by atoms with van der Waals surface area (Å²) in [6, 6.07) is 9.89. The Labute approximate surface area is 302 Å². The van der Waals surface area contributed by atoms with Crippen LogP contribution in [0.25, 0.3) is 0 Å². The molecular weight excluding hydrogens is 648 g/mol. The Hall–Kier alpha value is -3.22. The van der Waals surface area contributed by atoms with Gasteiger partial charge in [0.05, 0.1) is 11.6 Å². The number of rotatable bonds is 4. The van der Waals surface area contributed by atoms with Crippen LogP contribution in [0.2, 0.25) is 0 Å². The van der Waals surface area contributed by atoms with Crippen molar-refractivity contribution in [2.45, 2.75) is 101 Å². The Morgan fingerprint density at radius 2 is 1.61 bits per heavy atom. The van der Waals surface area contributed by atoms with E-state index in [4.69, 9.17) is 9.47 Å². The van der Waals surface area contributed by atoms with Gasteiger partial charge in [0.1, 0.15) is 5.75 Å². The van der Waals surface area contributed by atoms with Gasteiger partial charge in [0.25, 0.3) is 5.91 Å². The molecule has 7 saturated heterocycles. The molecule has 7 heterocycles. The fraction of sp³-hybridized carbons (Fsp3) is 0.744. The van der Waals surface area contributed by atoms with E-state index in [1.54, 1.807) is 4.90 Å². The maximum atomic E-state index is 14.1. The maximum Gasteiger partial charge on any atom is 0.260 e. The van der Waals surface area contributed by atoms with Crippen LogP contribution in [0.15, 0.2) is 30.3 Å². The SMILES string of the molecule is O=C1CC2(CCN(C(=O)COc3ccccc3)CC2)NC(=O)[C@@H]2CCCN2C2CCN(CC2)C(=O)C[C@@H]2CCN(C3CCOCC3)C[C@@H]2CCN1. The van der Waals surface area contributed by atoms with Gasteiger partial charge < -0.3 is 29.9 Å². The minimum atomic E-state index is -0.721. The normalized spacial score (nSPS) is 29.5. The molecular formula is C39H58N6O6. The van der Waals surface area contributed by atoms with E-state index in [1.807, 2.05) is 30.3 Å². The molecule has 51 heavy (non-hydrogen) atoms. The Kier molecular flexibility index (Phi) is 11.8. The second kappa shape index (κ2) is 16.6. The molecule has 0 saturated carbocycles. The van der Waals surface area contributed by atoms with Crippen molar-refractivity contribution in [3.8, 4) is 5.75 Å². The Morgan fingerprint density at radius 1 is 0.843 bits per heavy atom. The first-order chi connectivity index (χ1) is 24.9. The summed E-state index contributed by atoms with van der Waals surface area (Å²) in [4.78, 5) is 63.5. The van der Waals surface area contributed by atoms with Crippen molar-refractivity contribution >= 4 is 23.6 Å². The van der Waals surface area contributed by atoms with Crippen LogP contribution in [-0.4, -0.2) is 139 Å². The number of hydrogen-bond acceptors (Lipinski definition) is 8. The van der Waals surface area contributed by atoms with E-state index in [9.17, 15) is 19.2 Å². The second-order valence-corrected chi connectivity index (χ2v) is 15.9. The van der Waals surface area contributed by atoms with E-state index in [0.29, 0.717) is 62.5 Å². The molecule has 12 heteroatoms. The van der Waals surface area contributed by atoms with Crippen LogP contribution in [-0.2, 0) is 23.9 Å². The number of nitrogens with zero attached hydrogens (tertiary/aromatic N) is 4. The third-order valence-corrected chi connectivity index (χ3v) is 12.9. The zero-order valence-corrected chi connectivity index (χ0v) is 30.3. The molecule has 2 bridgehead atoms. The van der Waals surface area contributed by atoms with Gasteiger partial charge in [0.15, 0.2) is 6.61 Å². The highest BCUT2D eigenvalue weighted by Gasteiger charge is 2.44. The fourth-order valence-electron chi connectivity index (χ4n) is 9.79. The zero-order chi connectivity index (χ0) is 35.2. The molecule has 7 aliphatic rings. The number of benzene rings is 1. The third kappa shape index (κ3) is 8.88. The molecule has 7 aliphatic heterocycles. The minimum Gasteiger partial charge on any atom is -0.484 e. The fourth-order valence-corrected chi connectivity index (χ4v) is 9.79. The number of hydrogen-bond donors (Lipinski definition) is 2. The lowest BCUT2D eigenvalue weighted by atomic mass is 9.79. The maximum absolute atomic E-state index is 14.1. The van der Waals surface area contributed by atoms with Gasteiger partial charge in [-0.1, -0.05) is 18.2 Å². The lowest BCUT2D eigenvalue weighted by Crippen LogP contribution is -2.61. The third-order valence-electron chi connectivity index (χ3n) is 12.9. The highest BCUT2D eigenvalue weighted by Crippen LogP contribution is 2.34. The van der Waals surface area contributed by atoms with E-state index < -0.39 is 5.54 Å². The lowest BCUT2D eigenvalue weighted by molar-refractivity contribution is -0.138. The molecule has 0 aliphatic carbocycles. The highest BCUT2D eigenvalue weighted by molar-refractivity contribution is 5.85. The molecule has 4 amide bonds. The highest BCUT2D eigenvalue weighted by atomic mass is 16.5. The average Bonchev–Trinajstić information content (AvgIpc) is 3.66. The van der Waals surface area contributed by atoms with Crippen molar-refractivity contribution in [2.24, 2.45) is 11.8 Å². The van der Waals surface area contributed by atoms with Crippen LogP contribution < -0.4 is 15.4 Å². The number of nitrogens with one attached hydrogen (secondary N) is 2. The summed E-state index contributed by atoms with van der Waals surface area (Å²) in [6.45, 7) is 7.37. The van der Waals surface area contributed by atoms with Gasteiger partial charge in [-0.3, -0.25) is 29.0 Å². The second-order valence-electron chi connectivity index (χ2n) is 15.9. The molecule has 0 radical (unpaired) electrons. The average molecular weight is 707 g/mol. The first-order valence-corrected chi connectivity index (χ1v) is 19.8. The Balaban J connectivity index is 1.05. The summed E-state index contributed by atoms with van der Waals surface area (Å²) >= 11 is 0. The van der Waals surface area contributed by atoms with Crippen LogP contribution in [0.4, 0.5) is 0 Å². The summed E-state index contributed by atoms with van der Waals surface area (Å²) < 4.78 is 11.4. The molecule has 1 aromatic carbocycles. The van der Waals surface area contributed by atoms with Gasteiger partial charge in [-0.2, -0.15) is 0 Å². The van der Waals surface area contributed by atoms with Crippen LogP contribution in [0.5, 0.6) is 5.75 Å². The molecule has 7 fully saturated rings. The summed E-state index contributed by atoms with van der Waals surface area (Å²) in [5.41, 5.74) is -0.721. The summed E-state index contributed by atoms with van der Waals surface area (Å²) in [5, 5.41) is 6.64. The monoisotopic (exact) mass is 706 g/mol. The molecule has 280 valence electrons. The van der Waals surface area contributed by atoms with Gasteiger partial charge in [0.2, 0.25) is 17.7 Å². The number of amides is 4. The van der Waals surface area contributed by atoms with Gasteiger partial charge >= 0.3 is 0 Å². The number of ether oxygens (including phenoxy) is 2. The smallest absolute Gasteiger partial charge is 0.260 e. The molecule has 8 rings (SSSR count). The van der Waals surface area contributed by atoms with Crippen molar-refractivity contribution in [3.63, 3.8) is 0 Å². The topological polar surface area (TPSA) is 124 Å². The first kappa shape index (κ1) is 36.2. The largest absolute Gasteiger partial charge is 0.484 e. The summed E-state index contributed by atoms with van der Waals surface area (Å²) in [5.74, 6) is 1.39. The molecule has 1 spiro atoms. The van der Waals surface area contributed by atoms with Crippen LogP contribution in [0, 0.1) is 11.8 Å². The number of carbonyl (C=O) groups is 4. The first-order valence-electron chi connectivity index (χ1n) is 19.8.